The molecule has 1 heterocycles. The zero-order valence-corrected chi connectivity index (χ0v) is 17.9. The van der Waals surface area contributed by atoms with Gasteiger partial charge in [-0.05, 0) is 47.4 Å². The standard InChI is InChI=1S/C25H26N2O2S/c1-2-19-8-12-22(13-9-19)26-25(28)27-16-17-30-24(27)21-10-14-23(15-11-21)29-18-20-6-4-3-5-7-20/h3-15,24H,2,16-18H2,1H3,(H,26,28). The molecule has 0 bridgehead atoms. The van der Waals surface area contributed by atoms with E-state index in [1.807, 2.05) is 47.4 Å². The largest absolute Gasteiger partial charge is 0.489 e. The molecule has 30 heavy (non-hydrogen) atoms. The topological polar surface area (TPSA) is 41.6 Å². The summed E-state index contributed by atoms with van der Waals surface area (Å²) in [7, 11) is 0. The number of nitrogens with zero attached hydrogens (tertiary/aromatic N) is 1. The van der Waals surface area contributed by atoms with Gasteiger partial charge in [-0.3, -0.25) is 0 Å². The number of hydrogen-bond acceptors (Lipinski definition) is 3. The van der Waals surface area contributed by atoms with Gasteiger partial charge < -0.3 is 15.0 Å². The van der Waals surface area contributed by atoms with Crippen molar-refractivity contribution >= 4 is 23.5 Å². The Balaban J connectivity index is 1.38. The molecule has 1 N–H and O–H groups in total. The molecule has 3 aromatic rings. The number of nitrogens with one attached hydrogen (secondary N) is 1. The molecule has 1 aliphatic heterocycles. The van der Waals surface area contributed by atoms with E-state index in [9.17, 15) is 4.79 Å². The molecule has 1 saturated heterocycles. The summed E-state index contributed by atoms with van der Waals surface area (Å²) in [5, 5.41) is 3.05. The molecule has 0 aromatic heterocycles. The van der Waals surface area contributed by atoms with Gasteiger partial charge in [0.1, 0.15) is 17.7 Å². The summed E-state index contributed by atoms with van der Waals surface area (Å²) in [6.45, 7) is 3.40. The quantitative estimate of drug-likeness (QED) is 0.525. The van der Waals surface area contributed by atoms with E-state index in [4.69, 9.17) is 4.74 Å². The number of hydrogen-bond donors (Lipinski definition) is 1. The number of anilines is 1. The molecule has 4 nitrogen and oxygen atoms in total. The fraction of sp³-hybridized carbons (Fsp3) is 0.240. The highest BCUT2D eigenvalue weighted by Crippen LogP contribution is 2.38. The summed E-state index contributed by atoms with van der Waals surface area (Å²) in [4.78, 5) is 14.8. The van der Waals surface area contributed by atoms with Crippen molar-refractivity contribution in [1.82, 2.24) is 4.90 Å². The van der Waals surface area contributed by atoms with Gasteiger partial charge in [0, 0.05) is 18.0 Å². The number of benzene rings is 3. The zero-order chi connectivity index (χ0) is 20.8. The predicted molar refractivity (Wildman–Crippen MR) is 124 cm³/mol. The summed E-state index contributed by atoms with van der Waals surface area (Å²) >= 11 is 1.79. The van der Waals surface area contributed by atoms with Crippen molar-refractivity contribution in [2.75, 3.05) is 17.6 Å². The van der Waals surface area contributed by atoms with Crippen LogP contribution in [0.1, 0.15) is 29.0 Å². The van der Waals surface area contributed by atoms with Crippen molar-refractivity contribution in [3.8, 4) is 5.75 Å². The first-order valence-electron chi connectivity index (χ1n) is 10.3. The lowest BCUT2D eigenvalue weighted by Gasteiger charge is -2.24. The average molecular weight is 419 g/mol. The number of amides is 2. The van der Waals surface area contributed by atoms with E-state index in [1.165, 1.54) is 5.56 Å². The van der Waals surface area contributed by atoms with Crippen LogP contribution in [-0.2, 0) is 13.0 Å². The van der Waals surface area contributed by atoms with Crippen LogP contribution >= 0.6 is 11.8 Å². The van der Waals surface area contributed by atoms with Gasteiger partial charge in [-0.2, -0.15) is 0 Å². The SMILES string of the molecule is CCc1ccc(NC(=O)N2CCSC2c2ccc(OCc3ccccc3)cc2)cc1. The second kappa shape index (κ2) is 9.72. The molecular formula is C25H26N2O2S. The van der Waals surface area contributed by atoms with Gasteiger partial charge in [-0.1, -0.05) is 61.5 Å². The van der Waals surface area contributed by atoms with E-state index in [0.29, 0.717) is 6.61 Å². The van der Waals surface area contributed by atoms with Gasteiger partial charge in [0.2, 0.25) is 0 Å². The van der Waals surface area contributed by atoms with E-state index in [0.717, 1.165) is 41.3 Å². The smallest absolute Gasteiger partial charge is 0.323 e. The van der Waals surface area contributed by atoms with Crippen LogP contribution in [-0.4, -0.2) is 23.2 Å². The Morgan fingerprint density at radius 2 is 1.73 bits per heavy atom. The minimum Gasteiger partial charge on any atom is -0.489 e. The molecule has 2 amide bonds. The summed E-state index contributed by atoms with van der Waals surface area (Å²) in [5.74, 6) is 1.76. The Labute approximate surface area is 182 Å². The second-order valence-electron chi connectivity index (χ2n) is 7.24. The molecule has 0 spiro atoms. The summed E-state index contributed by atoms with van der Waals surface area (Å²) in [5.41, 5.74) is 4.35. The van der Waals surface area contributed by atoms with Gasteiger partial charge in [-0.15, -0.1) is 11.8 Å². The van der Waals surface area contributed by atoms with E-state index in [2.05, 4.69) is 48.6 Å². The van der Waals surface area contributed by atoms with Crippen molar-refractivity contribution in [3.63, 3.8) is 0 Å². The third-order valence-electron chi connectivity index (χ3n) is 5.18. The number of carbonyl (C=O) groups is 1. The molecular weight excluding hydrogens is 392 g/mol. The van der Waals surface area contributed by atoms with Crippen molar-refractivity contribution in [1.29, 1.82) is 0 Å². The second-order valence-corrected chi connectivity index (χ2v) is 8.43. The minimum absolute atomic E-state index is 0.0167. The lowest BCUT2D eigenvalue weighted by atomic mass is 10.1. The highest BCUT2D eigenvalue weighted by Gasteiger charge is 2.30. The predicted octanol–water partition coefficient (Wildman–Crippen LogP) is 6.11. The molecule has 0 aliphatic carbocycles. The Bertz CT molecular complexity index is 959. The van der Waals surface area contributed by atoms with Crippen LogP contribution in [0, 0.1) is 0 Å². The Morgan fingerprint density at radius 3 is 2.43 bits per heavy atom. The number of rotatable bonds is 6. The molecule has 0 saturated carbocycles. The van der Waals surface area contributed by atoms with E-state index >= 15 is 0 Å². The summed E-state index contributed by atoms with van der Waals surface area (Å²) in [6, 6.07) is 26.2. The minimum atomic E-state index is -0.0568. The zero-order valence-electron chi connectivity index (χ0n) is 17.1. The summed E-state index contributed by atoms with van der Waals surface area (Å²) < 4.78 is 5.88. The molecule has 1 unspecified atom stereocenters. The normalized spacial score (nSPS) is 15.8. The van der Waals surface area contributed by atoms with E-state index < -0.39 is 0 Å². The third kappa shape index (κ3) is 4.97. The lowest BCUT2D eigenvalue weighted by Crippen LogP contribution is -2.34. The van der Waals surface area contributed by atoms with Crippen molar-refractivity contribution in [3.05, 3.63) is 95.6 Å². The van der Waals surface area contributed by atoms with Gasteiger partial charge in [0.05, 0.1) is 0 Å². The Morgan fingerprint density at radius 1 is 1.00 bits per heavy atom. The Kier molecular flexibility index (Phi) is 6.60. The molecule has 154 valence electrons. The molecule has 0 radical (unpaired) electrons. The highest BCUT2D eigenvalue weighted by atomic mass is 32.2. The van der Waals surface area contributed by atoms with Crippen LogP contribution < -0.4 is 10.1 Å². The van der Waals surface area contributed by atoms with E-state index in [1.54, 1.807) is 11.8 Å². The molecule has 4 rings (SSSR count). The van der Waals surface area contributed by atoms with Crippen molar-refractivity contribution in [2.24, 2.45) is 0 Å². The average Bonchev–Trinajstić information content (AvgIpc) is 3.29. The van der Waals surface area contributed by atoms with E-state index in [-0.39, 0.29) is 11.4 Å². The van der Waals surface area contributed by atoms with Gasteiger partial charge in [0.15, 0.2) is 0 Å². The molecule has 5 heteroatoms. The maximum Gasteiger partial charge on any atom is 0.323 e. The van der Waals surface area contributed by atoms with Crippen LogP contribution in [0.3, 0.4) is 0 Å². The highest BCUT2D eigenvalue weighted by molar-refractivity contribution is 7.99. The number of aryl methyl sites for hydroxylation is 1. The maximum absolute atomic E-state index is 12.9. The molecule has 1 atom stereocenters. The maximum atomic E-state index is 12.9. The number of ether oxygens (including phenoxy) is 1. The van der Waals surface area contributed by atoms with Crippen molar-refractivity contribution in [2.45, 2.75) is 25.3 Å². The fourth-order valence-electron chi connectivity index (χ4n) is 3.44. The van der Waals surface area contributed by atoms with Gasteiger partial charge >= 0.3 is 6.03 Å². The summed E-state index contributed by atoms with van der Waals surface area (Å²) in [6.07, 6.45) is 0.990. The Hall–Kier alpha value is -2.92. The van der Waals surface area contributed by atoms with Crippen LogP contribution in [0.15, 0.2) is 78.9 Å². The van der Waals surface area contributed by atoms with Crippen LogP contribution in [0.4, 0.5) is 10.5 Å². The van der Waals surface area contributed by atoms with Crippen molar-refractivity contribution < 1.29 is 9.53 Å². The third-order valence-corrected chi connectivity index (χ3v) is 6.44. The number of thioether (sulfide) groups is 1. The van der Waals surface area contributed by atoms with Crippen LogP contribution in [0.25, 0.3) is 0 Å². The molecule has 1 aliphatic rings. The molecule has 3 aromatic carbocycles. The fourth-order valence-corrected chi connectivity index (χ4v) is 4.70. The van der Waals surface area contributed by atoms with Crippen LogP contribution in [0.5, 0.6) is 5.75 Å². The first-order valence-corrected chi connectivity index (χ1v) is 11.3. The monoisotopic (exact) mass is 418 g/mol. The molecule has 1 fully saturated rings. The number of urea groups is 1. The van der Waals surface area contributed by atoms with Crippen LogP contribution in [0.2, 0.25) is 0 Å². The first-order chi connectivity index (χ1) is 14.7. The number of carbonyl (C=O) groups excluding carboxylic acids is 1. The first kappa shape index (κ1) is 20.4. The van der Waals surface area contributed by atoms with Gasteiger partial charge in [-0.25, -0.2) is 4.79 Å². The lowest BCUT2D eigenvalue weighted by molar-refractivity contribution is 0.214. The van der Waals surface area contributed by atoms with Gasteiger partial charge in [0.25, 0.3) is 0 Å².